The number of imide groups is 1. The van der Waals surface area contributed by atoms with E-state index in [-0.39, 0.29) is 23.6 Å². The highest BCUT2D eigenvalue weighted by atomic mass is 79.9. The summed E-state index contributed by atoms with van der Waals surface area (Å²) in [5, 5.41) is 6.31. The van der Waals surface area contributed by atoms with Crippen molar-refractivity contribution in [3.63, 3.8) is 0 Å². The van der Waals surface area contributed by atoms with Crippen molar-refractivity contribution >= 4 is 56.3 Å². The van der Waals surface area contributed by atoms with Crippen LogP contribution in [-0.2, 0) is 15.0 Å². The molecule has 1 N–H and O–H groups in total. The smallest absolute Gasteiger partial charge is 0.271 e. The Kier molecular flexibility index (Phi) is 5.74. The summed E-state index contributed by atoms with van der Waals surface area (Å²) < 4.78 is 0.866. The van der Waals surface area contributed by atoms with Crippen molar-refractivity contribution in [2.24, 2.45) is 16.9 Å². The topological polar surface area (TPSA) is 78.8 Å². The monoisotopic (exact) mass is 625 g/mol. The molecule has 1 saturated heterocycles. The zero-order chi connectivity index (χ0) is 29.3. The van der Waals surface area contributed by atoms with Gasteiger partial charge in [0.05, 0.1) is 22.9 Å². The second-order valence-corrected chi connectivity index (χ2v) is 12.2. The molecule has 0 radical (unpaired) electrons. The van der Waals surface area contributed by atoms with Crippen LogP contribution in [0.2, 0.25) is 0 Å². The van der Waals surface area contributed by atoms with Gasteiger partial charge in [0.2, 0.25) is 11.8 Å². The van der Waals surface area contributed by atoms with E-state index in [1.165, 1.54) is 4.90 Å². The summed E-state index contributed by atoms with van der Waals surface area (Å²) in [4.78, 5) is 43.7. The number of carbonyl (C=O) groups excluding carboxylic acids is 3. The molecule has 2 bridgehead atoms. The zero-order valence-electron chi connectivity index (χ0n) is 22.8. The molecule has 5 aromatic carbocycles. The van der Waals surface area contributed by atoms with Gasteiger partial charge < -0.3 is 0 Å². The van der Waals surface area contributed by atoms with E-state index in [0.717, 1.165) is 37.5 Å². The van der Waals surface area contributed by atoms with Crippen LogP contribution in [0.15, 0.2) is 125 Å². The summed E-state index contributed by atoms with van der Waals surface area (Å²) in [7, 11) is 0. The lowest BCUT2D eigenvalue weighted by molar-refractivity contribution is -0.122. The van der Waals surface area contributed by atoms with Crippen molar-refractivity contribution in [1.82, 2.24) is 5.43 Å². The minimum absolute atomic E-state index is 0.211. The Balaban J connectivity index is 1.31. The van der Waals surface area contributed by atoms with E-state index >= 15 is 0 Å². The molecule has 7 heteroatoms. The number of fused-ring (bicyclic) bond motifs is 1. The summed E-state index contributed by atoms with van der Waals surface area (Å²) in [5.41, 5.74) is 6.55. The van der Waals surface area contributed by atoms with E-state index in [1.807, 2.05) is 91.0 Å². The number of hydrogen-bond acceptors (Lipinski definition) is 4. The Hall–Kier alpha value is -4.88. The van der Waals surface area contributed by atoms with Crippen LogP contribution >= 0.6 is 15.9 Å². The van der Waals surface area contributed by atoms with E-state index in [2.05, 4.69) is 26.5 Å². The number of nitrogens with one attached hydrogen (secondary N) is 1. The molecule has 0 saturated carbocycles. The Bertz CT molecular complexity index is 1970. The average molecular weight is 627 g/mol. The lowest BCUT2D eigenvalue weighted by atomic mass is 9.47. The average Bonchev–Trinajstić information content (AvgIpc) is 3.31. The lowest BCUT2D eigenvalue weighted by Crippen LogP contribution is -2.54. The number of benzene rings is 5. The molecule has 0 spiro atoms. The maximum absolute atomic E-state index is 14.7. The van der Waals surface area contributed by atoms with E-state index in [4.69, 9.17) is 0 Å². The molecule has 208 valence electrons. The van der Waals surface area contributed by atoms with E-state index < -0.39 is 17.3 Å². The molecule has 1 heterocycles. The van der Waals surface area contributed by atoms with Gasteiger partial charge in [0, 0.05) is 27.6 Å². The number of halogens is 1. The molecule has 0 aromatic heterocycles. The second-order valence-electron chi connectivity index (χ2n) is 11.2. The van der Waals surface area contributed by atoms with Crippen molar-refractivity contribution in [2.75, 3.05) is 4.90 Å². The van der Waals surface area contributed by atoms with Gasteiger partial charge in [-0.3, -0.25) is 14.4 Å². The van der Waals surface area contributed by atoms with Gasteiger partial charge in [-0.1, -0.05) is 101 Å². The lowest BCUT2D eigenvalue weighted by Gasteiger charge is -2.52. The van der Waals surface area contributed by atoms with E-state index in [1.54, 1.807) is 30.5 Å². The molecule has 6 nitrogen and oxygen atoms in total. The van der Waals surface area contributed by atoms with Gasteiger partial charge in [0.1, 0.15) is 0 Å². The van der Waals surface area contributed by atoms with Crippen LogP contribution in [0.5, 0.6) is 0 Å². The quantitative estimate of drug-likeness (QED) is 0.139. The van der Waals surface area contributed by atoms with Crippen LogP contribution in [0.3, 0.4) is 0 Å². The highest BCUT2D eigenvalue weighted by Crippen LogP contribution is 2.63. The zero-order valence-corrected chi connectivity index (χ0v) is 24.4. The third-order valence-electron chi connectivity index (χ3n) is 9.23. The highest BCUT2D eigenvalue weighted by molar-refractivity contribution is 9.10. The van der Waals surface area contributed by atoms with Crippen molar-refractivity contribution in [2.45, 2.75) is 11.3 Å². The fraction of sp³-hybridized carbons (Fsp3) is 0.111. The minimum Gasteiger partial charge on any atom is -0.274 e. The van der Waals surface area contributed by atoms with Crippen molar-refractivity contribution < 1.29 is 14.4 Å². The molecular formula is C36H24BrN3O3. The van der Waals surface area contributed by atoms with Crippen molar-refractivity contribution in [1.29, 1.82) is 0 Å². The third-order valence-corrected chi connectivity index (χ3v) is 9.76. The first kappa shape index (κ1) is 25.8. The number of rotatable bonds is 4. The van der Waals surface area contributed by atoms with Crippen LogP contribution in [0.1, 0.15) is 38.5 Å². The molecule has 3 aliphatic carbocycles. The molecule has 5 aromatic rings. The second kappa shape index (κ2) is 9.57. The Labute approximate surface area is 256 Å². The molecule has 1 fully saturated rings. The summed E-state index contributed by atoms with van der Waals surface area (Å²) >= 11 is 3.40. The van der Waals surface area contributed by atoms with Gasteiger partial charge in [-0.2, -0.15) is 5.10 Å². The Morgan fingerprint density at radius 1 is 0.767 bits per heavy atom. The fourth-order valence-electron chi connectivity index (χ4n) is 7.55. The summed E-state index contributed by atoms with van der Waals surface area (Å²) in [6.45, 7) is 0. The molecule has 43 heavy (non-hydrogen) atoms. The molecule has 0 unspecified atom stereocenters. The number of nitrogens with zero attached hydrogens (tertiary/aromatic N) is 2. The molecule has 1 aliphatic heterocycles. The first-order valence-electron chi connectivity index (χ1n) is 14.2. The van der Waals surface area contributed by atoms with Crippen LogP contribution in [0, 0.1) is 11.8 Å². The van der Waals surface area contributed by atoms with Crippen LogP contribution < -0.4 is 10.3 Å². The first-order valence-corrected chi connectivity index (χ1v) is 14.9. The predicted molar refractivity (Wildman–Crippen MR) is 169 cm³/mol. The largest absolute Gasteiger partial charge is 0.274 e. The number of hydrazone groups is 1. The highest BCUT2D eigenvalue weighted by Gasteiger charge is 2.68. The standard InChI is InChI=1S/C36H24BrN3O3/c37-23-18-16-22(17-19-23)33(41)39-38-20-36-27-13-5-3-11-25(27)30(26-12-4-6-14-28(26)36)31-32(36)35(43)40(34(31)42)29-15-7-9-21-8-1-2-10-24(21)29/h1-20,30-32H,(H,39,41)/b38-20+/t30?,31-,32-,36?/m0/s1. The summed E-state index contributed by atoms with van der Waals surface area (Å²) in [6, 6.07) is 36.5. The van der Waals surface area contributed by atoms with Crippen molar-refractivity contribution in [3.05, 3.63) is 148 Å². The summed E-state index contributed by atoms with van der Waals surface area (Å²) in [5.74, 6) is -2.47. The van der Waals surface area contributed by atoms with Gasteiger partial charge in [-0.05, 0) is 58.0 Å². The fourth-order valence-corrected chi connectivity index (χ4v) is 7.81. The van der Waals surface area contributed by atoms with Gasteiger partial charge >= 0.3 is 0 Å². The predicted octanol–water partition coefficient (Wildman–Crippen LogP) is 6.57. The van der Waals surface area contributed by atoms with Crippen LogP contribution in [-0.4, -0.2) is 23.9 Å². The number of carbonyl (C=O) groups is 3. The maximum atomic E-state index is 14.7. The van der Waals surface area contributed by atoms with Crippen LogP contribution in [0.25, 0.3) is 10.8 Å². The van der Waals surface area contributed by atoms with Gasteiger partial charge in [0.25, 0.3) is 5.91 Å². The maximum Gasteiger partial charge on any atom is 0.271 e. The first-order chi connectivity index (χ1) is 21.0. The van der Waals surface area contributed by atoms with Gasteiger partial charge in [-0.15, -0.1) is 0 Å². The molecule has 2 atom stereocenters. The molecule has 9 rings (SSSR count). The number of hydrogen-bond donors (Lipinski definition) is 1. The Morgan fingerprint density at radius 3 is 2.12 bits per heavy atom. The number of anilines is 1. The summed E-state index contributed by atoms with van der Waals surface area (Å²) in [6.07, 6.45) is 1.69. The SMILES string of the molecule is O=C(N/N=C/C12c3ccccc3C(c3ccccc31)[C@@H]1C(=O)N(c3cccc4ccccc34)C(=O)[C@H]12)c1ccc(Br)cc1. The molecule has 3 amide bonds. The minimum atomic E-state index is -1.06. The van der Waals surface area contributed by atoms with E-state index in [0.29, 0.717) is 11.3 Å². The van der Waals surface area contributed by atoms with Crippen molar-refractivity contribution in [3.8, 4) is 0 Å². The van der Waals surface area contributed by atoms with Gasteiger partial charge in [-0.25, -0.2) is 10.3 Å². The number of amides is 3. The third kappa shape index (κ3) is 3.58. The van der Waals surface area contributed by atoms with Gasteiger partial charge in [0.15, 0.2) is 0 Å². The Morgan fingerprint density at radius 2 is 1.40 bits per heavy atom. The van der Waals surface area contributed by atoms with Crippen LogP contribution in [0.4, 0.5) is 5.69 Å². The molecular weight excluding hydrogens is 602 g/mol. The normalized spacial score (nSPS) is 23.4. The van der Waals surface area contributed by atoms with E-state index in [9.17, 15) is 14.4 Å². The molecule has 4 aliphatic rings.